The third kappa shape index (κ3) is 6.57. The van der Waals surface area contributed by atoms with E-state index >= 15 is 0 Å². The van der Waals surface area contributed by atoms with Crippen LogP contribution < -0.4 is 34.6 Å². The third-order valence-corrected chi connectivity index (χ3v) is 8.13. The Kier molecular flexibility index (Phi) is 10.2. The molecule has 1 atom stereocenters. The number of fused-ring (bicyclic) bond motifs is 1. The fourth-order valence-electron chi connectivity index (χ4n) is 4.50. The van der Waals surface area contributed by atoms with Crippen molar-refractivity contribution < 1.29 is 28.5 Å². The fourth-order valence-corrected chi connectivity index (χ4v) is 5.54. The van der Waals surface area contributed by atoms with Gasteiger partial charge in [-0.3, -0.25) is 14.2 Å². The van der Waals surface area contributed by atoms with Crippen molar-refractivity contribution in [1.29, 1.82) is 0 Å². The predicted molar refractivity (Wildman–Crippen MR) is 164 cm³/mol. The Balaban J connectivity index is 1.73. The summed E-state index contributed by atoms with van der Waals surface area (Å²) in [6.45, 7) is 2.24. The second kappa shape index (κ2) is 14.0. The van der Waals surface area contributed by atoms with Crippen LogP contribution in [0.5, 0.6) is 28.7 Å². The van der Waals surface area contributed by atoms with Gasteiger partial charge < -0.3 is 29.0 Å². The smallest absolute Gasteiger partial charge is 0.262 e. The Morgan fingerprint density at radius 2 is 1.50 bits per heavy atom. The molecule has 0 aliphatic rings. The summed E-state index contributed by atoms with van der Waals surface area (Å²) in [7, 11) is 7.76. The minimum atomic E-state index is -0.535. The van der Waals surface area contributed by atoms with E-state index in [2.05, 4.69) is 5.32 Å². The Hall–Kier alpha value is -4.38. The molecule has 4 rings (SSSR count). The molecule has 0 unspecified atom stereocenters. The average molecular weight is 594 g/mol. The first kappa shape index (κ1) is 30.6. The van der Waals surface area contributed by atoms with Crippen molar-refractivity contribution in [3.63, 3.8) is 0 Å². The normalized spacial score (nSPS) is 11.6. The highest BCUT2D eigenvalue weighted by atomic mass is 32.2. The summed E-state index contributed by atoms with van der Waals surface area (Å²) in [6.07, 6.45) is 1.01. The molecular formula is C31H35N3O7S. The summed E-state index contributed by atoms with van der Waals surface area (Å²) in [5.74, 6) is 2.44. The minimum absolute atomic E-state index is 0.222. The predicted octanol–water partition coefficient (Wildman–Crippen LogP) is 5.19. The van der Waals surface area contributed by atoms with Crippen LogP contribution in [-0.4, -0.2) is 56.3 Å². The highest BCUT2D eigenvalue weighted by Crippen LogP contribution is 2.33. The molecule has 0 radical (unpaired) electrons. The number of carbonyl (C=O) groups is 1. The van der Waals surface area contributed by atoms with Crippen molar-refractivity contribution in [3.05, 3.63) is 70.5 Å². The van der Waals surface area contributed by atoms with Crippen LogP contribution in [-0.2, 0) is 17.8 Å². The fraction of sp³-hybridized carbons (Fsp3) is 0.323. The van der Waals surface area contributed by atoms with Crippen LogP contribution in [0.1, 0.15) is 18.9 Å². The lowest BCUT2D eigenvalue weighted by Crippen LogP contribution is -2.29. The summed E-state index contributed by atoms with van der Waals surface area (Å²) in [5, 5.41) is 3.22. The number of thioether (sulfide) groups is 1. The Bertz CT molecular complexity index is 1620. The van der Waals surface area contributed by atoms with Crippen LogP contribution in [0.3, 0.4) is 0 Å². The summed E-state index contributed by atoms with van der Waals surface area (Å²) < 4.78 is 28.7. The van der Waals surface area contributed by atoms with Gasteiger partial charge in [-0.05, 0) is 48.7 Å². The summed E-state index contributed by atoms with van der Waals surface area (Å²) >= 11 is 1.24. The molecule has 1 N–H and O–H groups in total. The molecule has 0 saturated carbocycles. The number of anilines is 1. The van der Waals surface area contributed by atoms with Crippen LogP contribution >= 0.6 is 11.8 Å². The summed E-state index contributed by atoms with van der Waals surface area (Å²) in [4.78, 5) is 32.2. The number of hydrogen-bond donors (Lipinski definition) is 1. The highest BCUT2D eigenvalue weighted by molar-refractivity contribution is 8.00. The number of aryl methyl sites for hydroxylation is 1. The zero-order chi connectivity index (χ0) is 30.2. The lowest BCUT2D eigenvalue weighted by molar-refractivity contribution is -0.115. The van der Waals surface area contributed by atoms with E-state index in [0.717, 1.165) is 5.56 Å². The number of nitrogens with zero attached hydrogens (tertiary/aromatic N) is 2. The van der Waals surface area contributed by atoms with Crippen LogP contribution in [0.15, 0.2) is 64.5 Å². The van der Waals surface area contributed by atoms with E-state index in [0.29, 0.717) is 69.9 Å². The van der Waals surface area contributed by atoms with Crippen molar-refractivity contribution in [2.75, 3.05) is 40.9 Å². The molecule has 3 aromatic carbocycles. The van der Waals surface area contributed by atoms with Crippen LogP contribution in [0, 0.1) is 0 Å². The van der Waals surface area contributed by atoms with E-state index in [-0.39, 0.29) is 11.5 Å². The zero-order valence-corrected chi connectivity index (χ0v) is 25.4. The van der Waals surface area contributed by atoms with Crippen LogP contribution in [0.25, 0.3) is 10.9 Å². The van der Waals surface area contributed by atoms with Gasteiger partial charge in [0.1, 0.15) is 5.75 Å². The van der Waals surface area contributed by atoms with Gasteiger partial charge >= 0.3 is 0 Å². The summed E-state index contributed by atoms with van der Waals surface area (Å²) in [5.41, 5.74) is 1.72. The van der Waals surface area contributed by atoms with Crippen molar-refractivity contribution in [3.8, 4) is 28.7 Å². The van der Waals surface area contributed by atoms with Gasteiger partial charge in [0.2, 0.25) is 5.91 Å². The molecular weight excluding hydrogens is 558 g/mol. The highest BCUT2D eigenvalue weighted by Gasteiger charge is 2.24. The van der Waals surface area contributed by atoms with Gasteiger partial charge in [0.05, 0.1) is 57.4 Å². The Morgan fingerprint density at radius 1 is 0.857 bits per heavy atom. The van der Waals surface area contributed by atoms with E-state index in [1.54, 1.807) is 50.2 Å². The number of methoxy groups -OCH3 is 5. The molecule has 42 heavy (non-hydrogen) atoms. The molecule has 0 aliphatic carbocycles. The number of amides is 1. The van der Waals surface area contributed by atoms with E-state index in [9.17, 15) is 9.59 Å². The van der Waals surface area contributed by atoms with Crippen LogP contribution in [0.2, 0.25) is 0 Å². The van der Waals surface area contributed by atoms with Gasteiger partial charge in [-0.2, -0.15) is 0 Å². The van der Waals surface area contributed by atoms with E-state index in [4.69, 9.17) is 28.7 Å². The minimum Gasteiger partial charge on any atom is -0.495 e. The number of carbonyl (C=O) groups excluding carboxylic acids is 1. The number of hydrogen-bond acceptors (Lipinski definition) is 9. The number of aromatic nitrogens is 2. The second-order valence-electron chi connectivity index (χ2n) is 9.22. The maximum atomic E-state index is 13.9. The first-order chi connectivity index (χ1) is 20.4. The first-order valence-corrected chi connectivity index (χ1v) is 14.2. The van der Waals surface area contributed by atoms with Crippen molar-refractivity contribution in [1.82, 2.24) is 9.55 Å². The number of benzene rings is 3. The molecule has 4 aromatic rings. The topological polar surface area (TPSA) is 110 Å². The molecule has 0 bridgehead atoms. The third-order valence-electron chi connectivity index (χ3n) is 6.77. The number of nitrogens with one attached hydrogen (secondary N) is 1. The van der Waals surface area contributed by atoms with Crippen molar-refractivity contribution in [2.45, 2.75) is 36.7 Å². The van der Waals surface area contributed by atoms with Gasteiger partial charge in [-0.1, -0.05) is 36.9 Å². The molecule has 10 nitrogen and oxygen atoms in total. The molecule has 222 valence electrons. The molecule has 0 fully saturated rings. The quantitative estimate of drug-likeness (QED) is 0.165. The van der Waals surface area contributed by atoms with Gasteiger partial charge in [-0.25, -0.2) is 4.98 Å². The number of rotatable bonds is 13. The lowest BCUT2D eigenvalue weighted by atomic mass is 10.1. The first-order valence-electron chi connectivity index (χ1n) is 13.3. The Labute approximate surface area is 248 Å². The molecule has 0 spiro atoms. The van der Waals surface area contributed by atoms with Gasteiger partial charge in [0, 0.05) is 12.6 Å². The van der Waals surface area contributed by atoms with E-state index in [1.807, 2.05) is 37.3 Å². The Morgan fingerprint density at radius 3 is 2.17 bits per heavy atom. The van der Waals surface area contributed by atoms with Crippen LogP contribution in [0.4, 0.5) is 5.69 Å². The zero-order valence-electron chi connectivity index (χ0n) is 24.6. The van der Waals surface area contributed by atoms with Gasteiger partial charge in [0.15, 0.2) is 28.2 Å². The monoisotopic (exact) mass is 593 g/mol. The SMILES string of the molecule is CC[C@@H](Sc1nc2cc(OC)c(OC)cc2c(=O)n1CCc1ccc(OC)c(OC)c1)C(=O)Nc1ccccc1OC. The van der Waals surface area contributed by atoms with Crippen molar-refractivity contribution >= 4 is 34.3 Å². The van der Waals surface area contributed by atoms with E-state index < -0.39 is 5.25 Å². The number of ether oxygens (including phenoxy) is 5. The van der Waals surface area contributed by atoms with E-state index in [1.165, 1.54) is 26.0 Å². The lowest BCUT2D eigenvalue weighted by Gasteiger charge is -2.19. The van der Waals surface area contributed by atoms with Gasteiger partial charge in [0.25, 0.3) is 5.56 Å². The van der Waals surface area contributed by atoms with Crippen molar-refractivity contribution in [2.24, 2.45) is 0 Å². The maximum Gasteiger partial charge on any atom is 0.262 e. The standard InChI is InChI=1S/C31H35N3O7S/c1-7-28(29(35)32-21-10-8-9-11-23(21)37-2)42-31-33-22-18-27(41-6)26(40-5)17-20(22)30(36)34(31)15-14-19-12-13-24(38-3)25(16-19)39-4/h8-13,16-18,28H,7,14-15H2,1-6H3,(H,32,35)/t28-/m1/s1. The average Bonchev–Trinajstić information content (AvgIpc) is 3.02. The maximum absolute atomic E-state index is 13.9. The second-order valence-corrected chi connectivity index (χ2v) is 10.4. The molecule has 1 aromatic heterocycles. The largest absolute Gasteiger partial charge is 0.495 e. The molecule has 1 heterocycles. The summed E-state index contributed by atoms with van der Waals surface area (Å²) in [6, 6.07) is 16.2. The molecule has 0 saturated heterocycles. The molecule has 11 heteroatoms. The molecule has 1 amide bonds. The molecule has 0 aliphatic heterocycles. The van der Waals surface area contributed by atoms with Gasteiger partial charge in [-0.15, -0.1) is 0 Å². The number of para-hydroxylation sites is 2.